The summed E-state index contributed by atoms with van der Waals surface area (Å²) in [6.07, 6.45) is 0. The standard InChI is InChI=1S/C10H10Cl2FNO3S/c1-3-14(2)10(15)6-4-9(18(12,16)17)8(13)5-7(6)11/h4-5H,3H2,1-2H3. The number of rotatable bonds is 3. The molecule has 100 valence electrons. The quantitative estimate of drug-likeness (QED) is 0.806. The zero-order chi connectivity index (χ0) is 14.1. The molecule has 0 N–H and O–H groups in total. The highest BCUT2D eigenvalue weighted by Gasteiger charge is 2.23. The molecule has 0 aliphatic carbocycles. The normalized spacial score (nSPS) is 11.4. The lowest BCUT2D eigenvalue weighted by Crippen LogP contribution is -2.26. The van der Waals surface area contributed by atoms with Crippen LogP contribution in [0.4, 0.5) is 4.39 Å². The van der Waals surface area contributed by atoms with Gasteiger partial charge in [0.1, 0.15) is 10.7 Å². The molecule has 1 rings (SSSR count). The maximum Gasteiger partial charge on any atom is 0.264 e. The summed E-state index contributed by atoms with van der Waals surface area (Å²) in [6.45, 7) is 2.13. The Morgan fingerprint density at radius 2 is 2.00 bits per heavy atom. The molecule has 0 aliphatic heterocycles. The lowest BCUT2D eigenvalue weighted by Gasteiger charge is -2.15. The van der Waals surface area contributed by atoms with E-state index in [0.29, 0.717) is 6.54 Å². The fraction of sp³-hybridized carbons (Fsp3) is 0.300. The van der Waals surface area contributed by atoms with Gasteiger partial charge in [0, 0.05) is 24.3 Å². The van der Waals surface area contributed by atoms with Crippen LogP contribution in [0.2, 0.25) is 5.02 Å². The molecule has 8 heteroatoms. The highest BCUT2D eigenvalue weighted by Crippen LogP contribution is 2.26. The highest BCUT2D eigenvalue weighted by atomic mass is 35.7. The van der Waals surface area contributed by atoms with E-state index in [2.05, 4.69) is 0 Å². The molecule has 0 fully saturated rings. The first-order valence-electron chi connectivity index (χ1n) is 4.87. The van der Waals surface area contributed by atoms with Crippen molar-refractivity contribution in [2.24, 2.45) is 0 Å². The Bertz CT molecular complexity index is 589. The van der Waals surface area contributed by atoms with E-state index in [1.54, 1.807) is 6.92 Å². The molecule has 0 saturated heterocycles. The molecule has 18 heavy (non-hydrogen) atoms. The number of carbonyl (C=O) groups excluding carboxylic acids is 1. The van der Waals surface area contributed by atoms with Gasteiger partial charge >= 0.3 is 0 Å². The average molecular weight is 314 g/mol. The maximum atomic E-state index is 13.4. The molecule has 0 bridgehead atoms. The Hall–Kier alpha value is -0.850. The second-order valence-electron chi connectivity index (χ2n) is 3.52. The van der Waals surface area contributed by atoms with Gasteiger partial charge in [-0.25, -0.2) is 12.8 Å². The first-order chi connectivity index (χ1) is 8.18. The third kappa shape index (κ3) is 3.13. The first kappa shape index (κ1) is 15.2. The molecule has 0 aromatic heterocycles. The lowest BCUT2D eigenvalue weighted by molar-refractivity contribution is 0.0802. The van der Waals surface area contributed by atoms with Crippen LogP contribution in [0.5, 0.6) is 0 Å². The van der Waals surface area contributed by atoms with Gasteiger partial charge in [-0.05, 0) is 19.1 Å². The number of hydrogen-bond acceptors (Lipinski definition) is 3. The fourth-order valence-electron chi connectivity index (χ4n) is 1.23. The van der Waals surface area contributed by atoms with E-state index in [1.165, 1.54) is 11.9 Å². The molecule has 0 spiro atoms. The fourth-order valence-corrected chi connectivity index (χ4v) is 2.37. The third-order valence-corrected chi connectivity index (χ3v) is 3.99. The van der Waals surface area contributed by atoms with Gasteiger partial charge < -0.3 is 4.90 Å². The van der Waals surface area contributed by atoms with Crippen molar-refractivity contribution in [3.05, 3.63) is 28.5 Å². The van der Waals surface area contributed by atoms with Crippen molar-refractivity contribution in [1.29, 1.82) is 0 Å². The molecular formula is C10H10Cl2FNO3S. The number of nitrogens with zero attached hydrogens (tertiary/aromatic N) is 1. The van der Waals surface area contributed by atoms with E-state index in [1.807, 2.05) is 0 Å². The molecule has 0 aliphatic rings. The predicted octanol–water partition coefficient (Wildman–Crippen LogP) is 2.50. The van der Waals surface area contributed by atoms with E-state index in [-0.39, 0.29) is 10.6 Å². The number of benzene rings is 1. The van der Waals surface area contributed by atoms with Crippen molar-refractivity contribution in [3.8, 4) is 0 Å². The predicted molar refractivity (Wildman–Crippen MR) is 67.1 cm³/mol. The van der Waals surface area contributed by atoms with Crippen LogP contribution in [0, 0.1) is 5.82 Å². The minimum atomic E-state index is -4.27. The Kier molecular flexibility index (Phi) is 4.58. The summed E-state index contributed by atoms with van der Waals surface area (Å²) in [5.74, 6) is -1.60. The second kappa shape index (κ2) is 5.42. The van der Waals surface area contributed by atoms with Crippen molar-refractivity contribution >= 4 is 37.2 Å². The van der Waals surface area contributed by atoms with Crippen LogP contribution in [-0.4, -0.2) is 32.8 Å². The van der Waals surface area contributed by atoms with Crippen LogP contribution in [0.25, 0.3) is 0 Å². The van der Waals surface area contributed by atoms with Gasteiger partial charge in [0.2, 0.25) is 0 Å². The van der Waals surface area contributed by atoms with Gasteiger partial charge in [0.25, 0.3) is 15.0 Å². The molecule has 0 heterocycles. The molecule has 0 radical (unpaired) electrons. The summed E-state index contributed by atoms with van der Waals surface area (Å²) in [7, 11) is 2.31. The van der Waals surface area contributed by atoms with Crippen molar-refractivity contribution in [2.45, 2.75) is 11.8 Å². The summed E-state index contributed by atoms with van der Waals surface area (Å²) >= 11 is 5.72. The summed E-state index contributed by atoms with van der Waals surface area (Å²) in [4.78, 5) is 12.4. The number of carbonyl (C=O) groups is 1. The van der Waals surface area contributed by atoms with Gasteiger partial charge in [0.05, 0.1) is 10.6 Å². The molecule has 1 amide bonds. The molecule has 0 atom stereocenters. The van der Waals surface area contributed by atoms with Gasteiger partial charge in [0.15, 0.2) is 0 Å². The number of halogens is 3. The molecule has 1 aromatic rings. The van der Waals surface area contributed by atoms with E-state index in [0.717, 1.165) is 12.1 Å². The third-order valence-electron chi connectivity index (χ3n) is 2.34. The summed E-state index contributed by atoms with van der Waals surface area (Å²) in [5, 5.41) is -0.165. The van der Waals surface area contributed by atoms with Crippen LogP contribution < -0.4 is 0 Å². The van der Waals surface area contributed by atoms with Crippen LogP contribution in [-0.2, 0) is 9.05 Å². The van der Waals surface area contributed by atoms with Crippen molar-refractivity contribution in [1.82, 2.24) is 4.90 Å². The summed E-state index contributed by atoms with van der Waals surface area (Å²) in [5.41, 5.74) is -0.110. The minimum Gasteiger partial charge on any atom is -0.342 e. The van der Waals surface area contributed by atoms with Crippen LogP contribution in [0.15, 0.2) is 17.0 Å². The van der Waals surface area contributed by atoms with E-state index < -0.39 is 25.7 Å². The maximum absolute atomic E-state index is 13.4. The Balaban J connectivity index is 3.44. The molecule has 0 unspecified atom stereocenters. The smallest absolute Gasteiger partial charge is 0.264 e. The first-order valence-corrected chi connectivity index (χ1v) is 7.56. The number of amides is 1. The van der Waals surface area contributed by atoms with Crippen LogP contribution >= 0.6 is 22.3 Å². The van der Waals surface area contributed by atoms with Gasteiger partial charge in [-0.2, -0.15) is 0 Å². The second-order valence-corrected chi connectivity index (χ2v) is 6.46. The number of hydrogen-bond donors (Lipinski definition) is 0. The zero-order valence-electron chi connectivity index (χ0n) is 9.58. The summed E-state index contributed by atoms with van der Waals surface area (Å²) < 4.78 is 35.7. The van der Waals surface area contributed by atoms with Crippen molar-refractivity contribution < 1.29 is 17.6 Å². The Labute approximate surface area is 114 Å². The van der Waals surface area contributed by atoms with E-state index >= 15 is 0 Å². The average Bonchev–Trinajstić information content (AvgIpc) is 2.25. The Morgan fingerprint density at radius 1 is 1.44 bits per heavy atom. The minimum absolute atomic E-state index is 0.110. The van der Waals surface area contributed by atoms with Gasteiger partial charge in [-0.1, -0.05) is 11.6 Å². The van der Waals surface area contributed by atoms with Crippen LogP contribution in [0.1, 0.15) is 17.3 Å². The van der Waals surface area contributed by atoms with E-state index in [4.69, 9.17) is 22.3 Å². The molecule has 4 nitrogen and oxygen atoms in total. The van der Waals surface area contributed by atoms with Gasteiger partial charge in [-0.3, -0.25) is 4.79 Å². The molecule has 0 saturated carbocycles. The largest absolute Gasteiger partial charge is 0.342 e. The SMILES string of the molecule is CCN(C)C(=O)c1cc(S(=O)(=O)Cl)c(F)cc1Cl. The molecular weight excluding hydrogens is 304 g/mol. The van der Waals surface area contributed by atoms with Gasteiger partial charge in [-0.15, -0.1) is 0 Å². The van der Waals surface area contributed by atoms with Crippen LogP contribution in [0.3, 0.4) is 0 Å². The van der Waals surface area contributed by atoms with E-state index in [9.17, 15) is 17.6 Å². The highest BCUT2D eigenvalue weighted by molar-refractivity contribution is 8.13. The Morgan fingerprint density at radius 3 is 2.44 bits per heavy atom. The van der Waals surface area contributed by atoms with Crippen molar-refractivity contribution in [3.63, 3.8) is 0 Å². The lowest BCUT2D eigenvalue weighted by atomic mass is 10.2. The topological polar surface area (TPSA) is 54.5 Å². The monoisotopic (exact) mass is 313 g/mol. The zero-order valence-corrected chi connectivity index (χ0v) is 11.9. The molecule has 1 aromatic carbocycles. The summed E-state index contributed by atoms with van der Waals surface area (Å²) in [6, 6.07) is 1.60. The van der Waals surface area contributed by atoms with Crippen molar-refractivity contribution in [2.75, 3.05) is 13.6 Å².